The van der Waals surface area contributed by atoms with E-state index in [2.05, 4.69) is 20.9 Å². The summed E-state index contributed by atoms with van der Waals surface area (Å²) in [6, 6.07) is 9.18. The molecule has 1 N–H and O–H groups in total. The van der Waals surface area contributed by atoms with Gasteiger partial charge in [0.25, 0.3) is 5.56 Å². The van der Waals surface area contributed by atoms with E-state index in [1.807, 2.05) is 0 Å². The molecule has 0 amide bonds. The van der Waals surface area contributed by atoms with Gasteiger partial charge in [-0.25, -0.2) is 9.37 Å². The Morgan fingerprint density at radius 1 is 1.28 bits per heavy atom. The van der Waals surface area contributed by atoms with Crippen LogP contribution >= 0.6 is 27.5 Å². The van der Waals surface area contributed by atoms with Gasteiger partial charge in [-0.1, -0.05) is 33.6 Å². The average molecular weight is 426 g/mol. The van der Waals surface area contributed by atoms with Gasteiger partial charge in [-0.05, 0) is 35.9 Å². The number of hydrogen-bond donors (Lipinski definition) is 1. The van der Waals surface area contributed by atoms with E-state index < -0.39 is 23.9 Å². The predicted molar refractivity (Wildman–Crippen MR) is 95.6 cm³/mol. The topological polar surface area (TPSA) is 72.2 Å². The number of aliphatic carboxylic acids is 1. The molecule has 0 spiro atoms. The first-order chi connectivity index (χ1) is 11.8. The van der Waals surface area contributed by atoms with Crippen LogP contribution in [0, 0.1) is 5.82 Å². The van der Waals surface area contributed by atoms with Crippen LogP contribution in [0.25, 0.3) is 11.0 Å². The molecule has 5 nitrogen and oxygen atoms in total. The molecular weight excluding hydrogens is 415 g/mol. The quantitative estimate of drug-likeness (QED) is 0.693. The summed E-state index contributed by atoms with van der Waals surface area (Å²) < 4.78 is 15.7. The number of nitrogens with zero attached hydrogens (tertiary/aromatic N) is 2. The van der Waals surface area contributed by atoms with Crippen molar-refractivity contribution in [1.82, 2.24) is 9.55 Å². The molecule has 0 atom stereocenters. The Hall–Kier alpha value is -2.25. The predicted octanol–water partition coefficient (Wildman–Crippen LogP) is 3.63. The van der Waals surface area contributed by atoms with Crippen molar-refractivity contribution in [2.24, 2.45) is 0 Å². The van der Waals surface area contributed by atoms with Gasteiger partial charge in [0.15, 0.2) is 0 Å². The van der Waals surface area contributed by atoms with E-state index in [9.17, 15) is 14.0 Å². The van der Waals surface area contributed by atoms with Crippen LogP contribution in [0.3, 0.4) is 0 Å². The molecule has 0 saturated heterocycles. The lowest BCUT2D eigenvalue weighted by Crippen LogP contribution is -2.29. The molecule has 3 rings (SSSR count). The molecule has 128 valence electrons. The molecule has 8 heteroatoms. The van der Waals surface area contributed by atoms with Crippen molar-refractivity contribution in [2.45, 2.75) is 13.0 Å². The van der Waals surface area contributed by atoms with E-state index in [1.165, 1.54) is 12.1 Å². The fourth-order valence-corrected chi connectivity index (χ4v) is 3.02. The Labute approximate surface area is 154 Å². The number of benzene rings is 2. The molecule has 0 aliphatic carbocycles. The highest BCUT2D eigenvalue weighted by atomic mass is 79.9. The van der Waals surface area contributed by atoms with Crippen LogP contribution in [-0.4, -0.2) is 20.6 Å². The van der Waals surface area contributed by atoms with Gasteiger partial charge in [-0.2, -0.15) is 0 Å². The largest absolute Gasteiger partial charge is 0.480 e. The van der Waals surface area contributed by atoms with Crippen LogP contribution in [0.15, 0.2) is 45.7 Å². The van der Waals surface area contributed by atoms with Crippen molar-refractivity contribution in [3.05, 3.63) is 73.3 Å². The van der Waals surface area contributed by atoms with E-state index in [1.54, 1.807) is 24.3 Å². The molecule has 0 radical (unpaired) electrons. The van der Waals surface area contributed by atoms with Crippen LogP contribution in [-0.2, 0) is 17.8 Å². The van der Waals surface area contributed by atoms with Gasteiger partial charge in [-0.15, -0.1) is 0 Å². The molecule has 0 aliphatic heterocycles. The number of carboxylic acid groups (broad SMARTS) is 1. The van der Waals surface area contributed by atoms with E-state index in [4.69, 9.17) is 16.7 Å². The zero-order valence-corrected chi connectivity index (χ0v) is 15.0. The maximum absolute atomic E-state index is 14.1. The summed E-state index contributed by atoms with van der Waals surface area (Å²) in [7, 11) is 0. The highest BCUT2D eigenvalue weighted by Crippen LogP contribution is 2.20. The molecule has 0 fully saturated rings. The van der Waals surface area contributed by atoms with Gasteiger partial charge in [0.05, 0.1) is 11.0 Å². The Morgan fingerprint density at radius 2 is 2.04 bits per heavy atom. The summed E-state index contributed by atoms with van der Waals surface area (Å²) in [5.41, 5.74) is 0.512. The molecule has 0 bridgehead atoms. The van der Waals surface area contributed by atoms with Gasteiger partial charge >= 0.3 is 5.97 Å². The first kappa shape index (κ1) is 17.6. The molecule has 1 aromatic heterocycles. The summed E-state index contributed by atoms with van der Waals surface area (Å²) in [4.78, 5) is 28.1. The van der Waals surface area contributed by atoms with Crippen molar-refractivity contribution in [3.8, 4) is 0 Å². The van der Waals surface area contributed by atoms with Gasteiger partial charge in [0, 0.05) is 15.9 Å². The number of hydrogen-bond acceptors (Lipinski definition) is 3. The van der Waals surface area contributed by atoms with E-state index in [-0.39, 0.29) is 12.1 Å². The minimum atomic E-state index is -1.17. The molecule has 0 saturated carbocycles. The summed E-state index contributed by atoms with van der Waals surface area (Å²) in [5.74, 6) is -1.65. The summed E-state index contributed by atoms with van der Waals surface area (Å²) in [6.07, 6.45) is -0.0455. The van der Waals surface area contributed by atoms with E-state index in [0.717, 1.165) is 4.57 Å². The monoisotopic (exact) mass is 424 g/mol. The molecule has 25 heavy (non-hydrogen) atoms. The van der Waals surface area contributed by atoms with Crippen LogP contribution in [0.1, 0.15) is 11.3 Å². The molecule has 2 aromatic carbocycles. The van der Waals surface area contributed by atoms with Crippen molar-refractivity contribution in [2.75, 3.05) is 0 Å². The number of halogens is 3. The number of aromatic nitrogens is 2. The fourth-order valence-electron chi connectivity index (χ4n) is 2.52. The van der Waals surface area contributed by atoms with Crippen LogP contribution in [0.5, 0.6) is 0 Å². The van der Waals surface area contributed by atoms with Crippen molar-refractivity contribution >= 4 is 44.5 Å². The van der Waals surface area contributed by atoms with Crippen molar-refractivity contribution < 1.29 is 14.3 Å². The molecule has 3 aromatic rings. The van der Waals surface area contributed by atoms with E-state index >= 15 is 0 Å². The maximum atomic E-state index is 14.1. The molecule has 0 unspecified atom stereocenters. The highest BCUT2D eigenvalue weighted by molar-refractivity contribution is 9.10. The zero-order valence-electron chi connectivity index (χ0n) is 12.7. The van der Waals surface area contributed by atoms with Gasteiger partial charge in [0.1, 0.15) is 18.1 Å². The summed E-state index contributed by atoms with van der Waals surface area (Å²) in [6.45, 7) is -0.534. The highest BCUT2D eigenvalue weighted by Gasteiger charge is 2.15. The number of rotatable bonds is 4. The Balaban J connectivity index is 2.18. The van der Waals surface area contributed by atoms with Crippen molar-refractivity contribution in [3.63, 3.8) is 0 Å². The number of carboxylic acids is 1. The van der Waals surface area contributed by atoms with Crippen LogP contribution < -0.4 is 5.56 Å². The zero-order chi connectivity index (χ0) is 18.1. The minimum absolute atomic E-state index is 0.0455. The minimum Gasteiger partial charge on any atom is -0.480 e. The second-order valence-corrected chi connectivity index (χ2v) is 6.74. The average Bonchev–Trinajstić information content (AvgIpc) is 2.54. The Morgan fingerprint density at radius 3 is 2.72 bits per heavy atom. The first-order valence-corrected chi connectivity index (χ1v) is 8.37. The van der Waals surface area contributed by atoms with Gasteiger partial charge in [-0.3, -0.25) is 14.2 Å². The second kappa shape index (κ2) is 6.93. The van der Waals surface area contributed by atoms with Crippen LogP contribution in [0.2, 0.25) is 5.02 Å². The lowest BCUT2D eigenvalue weighted by atomic mass is 10.1. The Bertz CT molecular complexity index is 1050. The smallest absolute Gasteiger partial charge is 0.323 e. The third-order valence-electron chi connectivity index (χ3n) is 3.64. The first-order valence-electron chi connectivity index (χ1n) is 7.20. The number of carbonyl (C=O) groups is 1. The van der Waals surface area contributed by atoms with Gasteiger partial charge in [0.2, 0.25) is 0 Å². The standard InChI is InChI=1S/C17H11BrClFN2O3/c18-10-2-1-9(12(20)6-10)5-14-17(25)22(8-16(23)24)15-7-11(19)3-4-13(15)21-14/h1-4,6-7H,5,8H2,(H,23,24). The normalized spacial score (nSPS) is 11.0. The lowest BCUT2D eigenvalue weighted by molar-refractivity contribution is -0.137. The molecular formula is C17H11BrClFN2O3. The molecule has 1 heterocycles. The third-order valence-corrected chi connectivity index (χ3v) is 4.37. The fraction of sp³-hybridized carbons (Fsp3) is 0.118. The van der Waals surface area contributed by atoms with Crippen LogP contribution in [0.4, 0.5) is 4.39 Å². The van der Waals surface area contributed by atoms with Crippen molar-refractivity contribution in [1.29, 1.82) is 0 Å². The SMILES string of the molecule is O=C(O)Cn1c(=O)c(Cc2ccc(Br)cc2F)nc2ccc(Cl)cc21. The van der Waals surface area contributed by atoms with E-state index in [0.29, 0.717) is 26.1 Å². The number of fused-ring (bicyclic) bond motifs is 1. The summed E-state index contributed by atoms with van der Waals surface area (Å²) >= 11 is 9.12. The maximum Gasteiger partial charge on any atom is 0.323 e. The van der Waals surface area contributed by atoms with Gasteiger partial charge < -0.3 is 5.11 Å². The second-order valence-electron chi connectivity index (χ2n) is 5.39. The summed E-state index contributed by atoms with van der Waals surface area (Å²) in [5, 5.41) is 9.46. The lowest BCUT2D eigenvalue weighted by Gasteiger charge is -2.11. The third kappa shape index (κ3) is 3.72. The Kier molecular flexibility index (Phi) is 4.87. The molecule has 0 aliphatic rings.